The number of aryl methyl sites for hydroxylation is 1. The smallest absolute Gasteiger partial charge is 0.229 e. The summed E-state index contributed by atoms with van der Waals surface area (Å²) in [5.41, 5.74) is 3.96. The van der Waals surface area contributed by atoms with Gasteiger partial charge in [0.05, 0.1) is 28.1 Å². The Morgan fingerprint density at radius 2 is 1.79 bits per heavy atom. The minimum atomic E-state index is -3.36. The molecule has 8 nitrogen and oxygen atoms in total. The second kappa shape index (κ2) is 12.5. The first-order valence-electron chi connectivity index (χ1n) is 13.5. The van der Waals surface area contributed by atoms with Crippen LogP contribution in [0.4, 0.5) is 23.1 Å². The number of aromatic nitrogens is 2. The Morgan fingerprint density at radius 1 is 1.10 bits per heavy atom. The number of nitrogens with one attached hydrogen (secondary N) is 3. The molecular formula is C29H38ClN5O3S. The second-order valence-electron chi connectivity index (χ2n) is 10.3. The molecule has 39 heavy (non-hydrogen) atoms. The van der Waals surface area contributed by atoms with Crippen LogP contribution in [0.2, 0.25) is 5.02 Å². The fraction of sp³-hybridized carbons (Fsp3) is 0.448. The molecule has 0 aliphatic carbocycles. The van der Waals surface area contributed by atoms with E-state index in [2.05, 4.69) is 45.0 Å². The standard InChI is InChI=1S/C29H38ClN5O3S/c1-6-20(5)39(36,37)23-9-7-22(8-10-23)33-28-25(30)17-32-29(35-28)34-26-15-19(4)24(16-27(26)38-18(2)3)21-11-13-31-14-12-21/h7-10,15-18,20-21,31H,6,11-14H2,1-5H3,(H2,32,33,34,35). The minimum absolute atomic E-state index is 0.00425. The fourth-order valence-corrected chi connectivity index (χ4v) is 6.23. The second-order valence-corrected chi connectivity index (χ2v) is 13.1. The third-order valence-corrected chi connectivity index (χ3v) is 9.65. The molecule has 3 N–H and O–H groups in total. The van der Waals surface area contributed by atoms with E-state index in [1.807, 2.05) is 20.8 Å². The van der Waals surface area contributed by atoms with Gasteiger partial charge in [-0.05, 0) is 113 Å². The molecule has 0 saturated carbocycles. The van der Waals surface area contributed by atoms with Crippen molar-refractivity contribution < 1.29 is 13.2 Å². The summed E-state index contributed by atoms with van der Waals surface area (Å²) in [6.07, 6.45) is 4.30. The summed E-state index contributed by atoms with van der Waals surface area (Å²) in [5, 5.41) is 9.82. The molecule has 4 rings (SSSR count). The van der Waals surface area contributed by atoms with Crippen molar-refractivity contribution in [3.63, 3.8) is 0 Å². The molecule has 0 amide bonds. The lowest BCUT2D eigenvalue weighted by Gasteiger charge is -2.26. The highest BCUT2D eigenvalue weighted by atomic mass is 35.5. The molecule has 1 atom stereocenters. The SMILES string of the molecule is CCC(C)S(=O)(=O)c1ccc(Nc2nc(Nc3cc(C)c(C4CCNCC4)cc3OC(C)C)ncc2Cl)cc1. The number of benzene rings is 2. The third-order valence-electron chi connectivity index (χ3n) is 7.05. The summed E-state index contributed by atoms with van der Waals surface area (Å²) in [6.45, 7) is 11.8. The lowest BCUT2D eigenvalue weighted by Crippen LogP contribution is -2.27. The van der Waals surface area contributed by atoms with Gasteiger partial charge in [0, 0.05) is 5.69 Å². The van der Waals surface area contributed by atoms with Gasteiger partial charge in [-0.1, -0.05) is 18.5 Å². The zero-order valence-corrected chi connectivity index (χ0v) is 24.8. The van der Waals surface area contributed by atoms with Crippen LogP contribution in [0.3, 0.4) is 0 Å². The monoisotopic (exact) mass is 571 g/mol. The van der Waals surface area contributed by atoms with Crippen molar-refractivity contribution in [3.05, 3.63) is 58.7 Å². The molecule has 1 fully saturated rings. The summed E-state index contributed by atoms with van der Waals surface area (Å²) in [7, 11) is -3.36. The Kier molecular flexibility index (Phi) is 9.35. The van der Waals surface area contributed by atoms with Gasteiger partial charge in [0.2, 0.25) is 5.95 Å². The summed E-state index contributed by atoms with van der Waals surface area (Å²) in [5.74, 6) is 2.03. The van der Waals surface area contributed by atoms with Crippen LogP contribution in [0.25, 0.3) is 0 Å². The van der Waals surface area contributed by atoms with Crippen LogP contribution < -0.4 is 20.7 Å². The Hall–Kier alpha value is -2.88. The van der Waals surface area contributed by atoms with Gasteiger partial charge in [-0.15, -0.1) is 0 Å². The third kappa shape index (κ3) is 7.01. The van der Waals surface area contributed by atoms with Crippen molar-refractivity contribution in [3.8, 4) is 5.75 Å². The predicted molar refractivity (Wildman–Crippen MR) is 159 cm³/mol. The number of piperidine rings is 1. The van der Waals surface area contributed by atoms with Crippen LogP contribution in [0.15, 0.2) is 47.5 Å². The van der Waals surface area contributed by atoms with E-state index in [0.717, 1.165) is 37.4 Å². The van der Waals surface area contributed by atoms with Crippen LogP contribution in [0.5, 0.6) is 5.75 Å². The van der Waals surface area contributed by atoms with E-state index in [9.17, 15) is 8.42 Å². The van der Waals surface area contributed by atoms with Crippen LogP contribution >= 0.6 is 11.6 Å². The number of hydrogen-bond acceptors (Lipinski definition) is 8. The van der Waals surface area contributed by atoms with Crippen molar-refractivity contribution in [1.29, 1.82) is 0 Å². The van der Waals surface area contributed by atoms with Crippen molar-refractivity contribution in [2.24, 2.45) is 0 Å². The minimum Gasteiger partial charge on any atom is -0.489 e. The Bertz CT molecular complexity index is 1390. The van der Waals surface area contributed by atoms with Gasteiger partial charge in [-0.25, -0.2) is 13.4 Å². The molecule has 210 valence electrons. The maximum atomic E-state index is 12.7. The van der Waals surface area contributed by atoms with Gasteiger partial charge >= 0.3 is 0 Å². The normalized spacial score (nSPS) is 15.3. The van der Waals surface area contributed by atoms with Crippen molar-refractivity contribution >= 4 is 44.6 Å². The number of rotatable bonds is 10. The van der Waals surface area contributed by atoms with Crippen molar-refractivity contribution in [2.75, 3.05) is 23.7 Å². The number of nitrogens with zero attached hydrogens (tertiary/aromatic N) is 2. The zero-order valence-electron chi connectivity index (χ0n) is 23.2. The first-order valence-corrected chi connectivity index (χ1v) is 15.4. The number of ether oxygens (including phenoxy) is 1. The maximum Gasteiger partial charge on any atom is 0.229 e. The van der Waals surface area contributed by atoms with E-state index in [0.29, 0.717) is 39.7 Å². The lowest BCUT2D eigenvalue weighted by molar-refractivity contribution is 0.243. The van der Waals surface area contributed by atoms with E-state index >= 15 is 0 Å². The van der Waals surface area contributed by atoms with Crippen LogP contribution in [-0.4, -0.2) is 42.8 Å². The molecule has 1 saturated heterocycles. The first kappa shape index (κ1) is 29.1. The Balaban J connectivity index is 1.57. The summed E-state index contributed by atoms with van der Waals surface area (Å²) < 4.78 is 31.5. The number of anilines is 4. The average Bonchev–Trinajstić information content (AvgIpc) is 2.92. The fourth-order valence-electron chi connectivity index (χ4n) is 4.68. The molecule has 1 aliphatic rings. The van der Waals surface area contributed by atoms with E-state index in [-0.39, 0.29) is 6.10 Å². The van der Waals surface area contributed by atoms with Crippen LogP contribution in [0.1, 0.15) is 64.0 Å². The van der Waals surface area contributed by atoms with E-state index in [4.69, 9.17) is 16.3 Å². The molecule has 1 unspecified atom stereocenters. The molecule has 2 heterocycles. The highest BCUT2D eigenvalue weighted by molar-refractivity contribution is 7.92. The van der Waals surface area contributed by atoms with Crippen molar-refractivity contribution in [1.82, 2.24) is 15.3 Å². The molecule has 1 aliphatic heterocycles. The highest BCUT2D eigenvalue weighted by Gasteiger charge is 2.22. The van der Waals surface area contributed by atoms with Gasteiger partial charge < -0.3 is 20.7 Å². The molecular weight excluding hydrogens is 534 g/mol. The summed E-state index contributed by atoms with van der Waals surface area (Å²) in [6, 6.07) is 10.9. The van der Waals surface area contributed by atoms with E-state index in [1.54, 1.807) is 31.2 Å². The number of halogens is 1. The van der Waals surface area contributed by atoms with Gasteiger partial charge in [0.1, 0.15) is 10.8 Å². The van der Waals surface area contributed by atoms with Gasteiger partial charge in [0.15, 0.2) is 15.7 Å². The zero-order chi connectivity index (χ0) is 28.2. The van der Waals surface area contributed by atoms with Crippen LogP contribution in [0, 0.1) is 6.92 Å². The highest BCUT2D eigenvalue weighted by Crippen LogP contribution is 2.37. The molecule has 1 aromatic heterocycles. The predicted octanol–water partition coefficient (Wildman–Crippen LogP) is 6.75. The van der Waals surface area contributed by atoms with E-state index in [1.165, 1.54) is 17.3 Å². The molecule has 0 spiro atoms. The lowest BCUT2D eigenvalue weighted by atomic mass is 9.87. The number of hydrogen-bond donors (Lipinski definition) is 3. The Morgan fingerprint density at radius 3 is 2.44 bits per heavy atom. The van der Waals surface area contributed by atoms with Crippen molar-refractivity contribution in [2.45, 2.75) is 76.0 Å². The Labute approximate surface area is 236 Å². The topological polar surface area (TPSA) is 105 Å². The number of sulfone groups is 1. The molecule has 0 radical (unpaired) electrons. The largest absolute Gasteiger partial charge is 0.489 e. The molecule has 3 aromatic rings. The summed E-state index contributed by atoms with van der Waals surface area (Å²) >= 11 is 6.40. The average molecular weight is 572 g/mol. The summed E-state index contributed by atoms with van der Waals surface area (Å²) in [4.78, 5) is 9.26. The van der Waals surface area contributed by atoms with Crippen LogP contribution in [-0.2, 0) is 9.84 Å². The first-order chi connectivity index (χ1) is 18.6. The molecule has 0 bridgehead atoms. The molecule has 2 aromatic carbocycles. The van der Waals surface area contributed by atoms with E-state index < -0.39 is 15.1 Å². The maximum absolute atomic E-state index is 12.7. The van der Waals surface area contributed by atoms with Gasteiger partial charge in [-0.3, -0.25) is 0 Å². The molecule has 10 heteroatoms. The quantitative estimate of drug-likeness (QED) is 0.245. The van der Waals surface area contributed by atoms with Gasteiger partial charge in [0.25, 0.3) is 0 Å². The van der Waals surface area contributed by atoms with Gasteiger partial charge in [-0.2, -0.15) is 4.98 Å².